The highest BCUT2D eigenvalue weighted by Crippen LogP contribution is 2.28. The van der Waals surface area contributed by atoms with E-state index in [0.717, 1.165) is 42.6 Å². The fourth-order valence-corrected chi connectivity index (χ4v) is 4.19. The molecule has 0 spiro atoms. The summed E-state index contributed by atoms with van der Waals surface area (Å²) in [5.41, 5.74) is 3.20. The molecule has 5 heteroatoms. The first-order chi connectivity index (χ1) is 12.8. The summed E-state index contributed by atoms with van der Waals surface area (Å²) >= 11 is 1.71. The van der Waals surface area contributed by atoms with E-state index in [1.165, 1.54) is 5.56 Å². The van der Waals surface area contributed by atoms with Crippen LogP contribution in [0.1, 0.15) is 11.7 Å². The highest BCUT2D eigenvalue weighted by Gasteiger charge is 2.21. The van der Waals surface area contributed by atoms with Crippen LogP contribution in [0, 0.1) is 0 Å². The molecule has 1 N–H and O–H groups in total. The van der Waals surface area contributed by atoms with Gasteiger partial charge in [-0.2, -0.15) is 0 Å². The van der Waals surface area contributed by atoms with Crippen molar-refractivity contribution in [2.24, 2.45) is 0 Å². The van der Waals surface area contributed by atoms with Gasteiger partial charge in [0.25, 0.3) is 0 Å². The Morgan fingerprint density at radius 1 is 0.923 bits per heavy atom. The van der Waals surface area contributed by atoms with Gasteiger partial charge in [-0.1, -0.05) is 60.7 Å². The predicted molar refractivity (Wildman–Crippen MR) is 108 cm³/mol. The summed E-state index contributed by atoms with van der Waals surface area (Å²) in [5, 5.41) is 13.6. The fourth-order valence-electron chi connectivity index (χ4n) is 3.30. The number of anilines is 1. The summed E-state index contributed by atoms with van der Waals surface area (Å²) in [6.45, 7) is 4.48. The van der Waals surface area contributed by atoms with Gasteiger partial charge in [0.1, 0.15) is 0 Å². The van der Waals surface area contributed by atoms with Crippen LogP contribution < -0.4 is 4.90 Å². The third kappa shape index (κ3) is 3.96. The van der Waals surface area contributed by atoms with Crippen LogP contribution in [0.5, 0.6) is 0 Å². The van der Waals surface area contributed by atoms with Crippen LogP contribution in [0.4, 0.5) is 5.13 Å². The molecule has 3 aromatic rings. The quantitative estimate of drug-likeness (QED) is 0.749. The monoisotopic (exact) mass is 365 g/mol. The number of aliphatic hydroxyl groups is 1. The van der Waals surface area contributed by atoms with Crippen molar-refractivity contribution in [2.75, 3.05) is 37.6 Å². The van der Waals surface area contributed by atoms with Gasteiger partial charge in [0.15, 0.2) is 5.13 Å². The van der Waals surface area contributed by atoms with Gasteiger partial charge in [-0.05, 0) is 5.56 Å². The molecule has 1 saturated heterocycles. The molecular formula is C21H23N3OS. The molecule has 0 amide bonds. The summed E-state index contributed by atoms with van der Waals surface area (Å²) in [7, 11) is 0. The van der Waals surface area contributed by atoms with E-state index >= 15 is 0 Å². The molecular weight excluding hydrogens is 342 g/mol. The number of rotatable bonds is 5. The zero-order valence-electron chi connectivity index (χ0n) is 14.7. The van der Waals surface area contributed by atoms with E-state index in [0.29, 0.717) is 6.54 Å². The number of thiazole rings is 1. The molecule has 1 atom stereocenters. The molecule has 0 saturated carbocycles. The van der Waals surface area contributed by atoms with Crippen LogP contribution in [0.15, 0.2) is 66.0 Å². The number of piperazine rings is 1. The first-order valence-corrected chi connectivity index (χ1v) is 9.89. The number of aromatic nitrogens is 1. The molecule has 1 aliphatic heterocycles. The lowest BCUT2D eigenvalue weighted by Gasteiger charge is -2.35. The SMILES string of the molecule is OC(CN1CCN(c2nc(-c3ccccc3)cs2)CC1)c1ccccc1. The molecule has 1 aromatic heterocycles. The number of nitrogens with zero attached hydrogens (tertiary/aromatic N) is 3. The molecule has 134 valence electrons. The molecule has 0 bridgehead atoms. The molecule has 0 aliphatic carbocycles. The minimum absolute atomic E-state index is 0.424. The lowest BCUT2D eigenvalue weighted by molar-refractivity contribution is 0.109. The van der Waals surface area contributed by atoms with E-state index in [9.17, 15) is 5.11 Å². The fraction of sp³-hybridized carbons (Fsp3) is 0.286. The van der Waals surface area contributed by atoms with E-state index in [-0.39, 0.29) is 0 Å². The maximum absolute atomic E-state index is 10.4. The van der Waals surface area contributed by atoms with Gasteiger partial charge >= 0.3 is 0 Å². The Morgan fingerprint density at radius 2 is 1.58 bits per heavy atom. The third-order valence-electron chi connectivity index (χ3n) is 4.82. The second-order valence-corrected chi connectivity index (χ2v) is 7.43. The molecule has 1 fully saturated rings. The summed E-state index contributed by atoms with van der Waals surface area (Å²) in [4.78, 5) is 9.50. The molecule has 2 aromatic carbocycles. The van der Waals surface area contributed by atoms with Crippen molar-refractivity contribution in [1.82, 2.24) is 9.88 Å². The van der Waals surface area contributed by atoms with Crippen molar-refractivity contribution < 1.29 is 5.11 Å². The van der Waals surface area contributed by atoms with Crippen LogP contribution in [-0.2, 0) is 0 Å². The Hall–Kier alpha value is -2.21. The Kier molecular flexibility index (Phi) is 5.29. The van der Waals surface area contributed by atoms with Crippen molar-refractivity contribution in [3.8, 4) is 11.3 Å². The highest BCUT2D eigenvalue weighted by molar-refractivity contribution is 7.14. The van der Waals surface area contributed by atoms with Crippen LogP contribution in [-0.4, -0.2) is 47.7 Å². The second-order valence-electron chi connectivity index (χ2n) is 6.60. The van der Waals surface area contributed by atoms with E-state index < -0.39 is 6.10 Å². The summed E-state index contributed by atoms with van der Waals surface area (Å²) in [6.07, 6.45) is -0.424. The molecule has 0 radical (unpaired) electrons. The molecule has 1 aliphatic rings. The number of benzene rings is 2. The Balaban J connectivity index is 1.33. The van der Waals surface area contributed by atoms with Crippen molar-refractivity contribution in [3.63, 3.8) is 0 Å². The van der Waals surface area contributed by atoms with E-state index in [1.54, 1.807) is 11.3 Å². The summed E-state index contributed by atoms with van der Waals surface area (Å²) < 4.78 is 0. The normalized spacial score (nSPS) is 16.6. The lowest BCUT2D eigenvalue weighted by Crippen LogP contribution is -2.47. The zero-order valence-corrected chi connectivity index (χ0v) is 15.5. The van der Waals surface area contributed by atoms with Crippen LogP contribution in [0.2, 0.25) is 0 Å². The number of β-amino-alcohol motifs (C(OH)–C–C–N with tert-alkyl or cyclic N) is 1. The van der Waals surface area contributed by atoms with Crippen LogP contribution >= 0.6 is 11.3 Å². The molecule has 1 unspecified atom stereocenters. The molecule has 4 nitrogen and oxygen atoms in total. The topological polar surface area (TPSA) is 39.6 Å². The van der Waals surface area contributed by atoms with Gasteiger partial charge in [-0.15, -0.1) is 11.3 Å². The molecule has 2 heterocycles. The van der Waals surface area contributed by atoms with E-state index in [1.807, 2.05) is 48.5 Å². The predicted octanol–water partition coefficient (Wildman–Crippen LogP) is 3.67. The average Bonchev–Trinajstić information content (AvgIpc) is 3.20. The number of hydrogen-bond acceptors (Lipinski definition) is 5. The Morgan fingerprint density at radius 3 is 2.27 bits per heavy atom. The van der Waals surface area contributed by atoms with Gasteiger partial charge in [0.2, 0.25) is 0 Å². The van der Waals surface area contributed by atoms with Gasteiger partial charge in [-0.3, -0.25) is 4.90 Å². The summed E-state index contributed by atoms with van der Waals surface area (Å²) in [5.74, 6) is 0. The third-order valence-corrected chi connectivity index (χ3v) is 5.72. The molecule has 26 heavy (non-hydrogen) atoms. The van der Waals surface area contributed by atoms with Crippen molar-refractivity contribution in [2.45, 2.75) is 6.10 Å². The standard InChI is InChI=1S/C21H23N3OS/c25-20(18-9-5-2-6-10-18)15-23-11-13-24(14-12-23)21-22-19(16-26-21)17-7-3-1-4-8-17/h1-10,16,20,25H,11-15H2. The Bertz CT molecular complexity index is 814. The number of hydrogen-bond donors (Lipinski definition) is 1. The minimum atomic E-state index is -0.424. The van der Waals surface area contributed by atoms with Gasteiger partial charge in [0, 0.05) is 43.7 Å². The van der Waals surface area contributed by atoms with Gasteiger partial charge in [-0.25, -0.2) is 4.98 Å². The van der Waals surface area contributed by atoms with Crippen LogP contribution in [0.25, 0.3) is 11.3 Å². The van der Waals surface area contributed by atoms with Crippen molar-refractivity contribution in [1.29, 1.82) is 0 Å². The smallest absolute Gasteiger partial charge is 0.185 e. The Labute approximate surface area is 158 Å². The first kappa shape index (κ1) is 17.2. The average molecular weight is 366 g/mol. The van der Waals surface area contributed by atoms with Crippen molar-refractivity contribution >= 4 is 16.5 Å². The first-order valence-electron chi connectivity index (χ1n) is 9.01. The molecule has 4 rings (SSSR count). The maximum atomic E-state index is 10.4. The van der Waals surface area contributed by atoms with E-state index in [4.69, 9.17) is 4.98 Å². The van der Waals surface area contributed by atoms with Crippen molar-refractivity contribution in [3.05, 3.63) is 71.6 Å². The highest BCUT2D eigenvalue weighted by atomic mass is 32.1. The maximum Gasteiger partial charge on any atom is 0.185 e. The lowest BCUT2D eigenvalue weighted by atomic mass is 10.1. The zero-order chi connectivity index (χ0) is 17.8. The minimum Gasteiger partial charge on any atom is -0.387 e. The van der Waals surface area contributed by atoms with Crippen LogP contribution in [0.3, 0.4) is 0 Å². The summed E-state index contributed by atoms with van der Waals surface area (Å²) in [6, 6.07) is 20.2. The van der Waals surface area contributed by atoms with E-state index in [2.05, 4.69) is 27.3 Å². The van der Waals surface area contributed by atoms with Gasteiger partial charge in [0.05, 0.1) is 11.8 Å². The largest absolute Gasteiger partial charge is 0.387 e. The number of aliphatic hydroxyl groups excluding tert-OH is 1. The van der Waals surface area contributed by atoms with Gasteiger partial charge < -0.3 is 10.0 Å². The second kappa shape index (κ2) is 7.99.